The number of amides is 1. The fraction of sp³-hybridized carbons (Fsp3) is 0.741. The van der Waals surface area contributed by atoms with Crippen molar-refractivity contribution in [3.8, 4) is 0 Å². The number of likely N-dealkylation sites (tertiary alicyclic amines) is 1. The van der Waals surface area contributed by atoms with Crippen molar-refractivity contribution in [3.05, 3.63) is 35.4 Å². The molecule has 0 bridgehead atoms. The summed E-state index contributed by atoms with van der Waals surface area (Å²) in [5.41, 5.74) is 2.06. The number of carbonyl (C=O) groups is 1. The highest BCUT2D eigenvalue weighted by molar-refractivity contribution is 5.94. The van der Waals surface area contributed by atoms with Crippen LogP contribution in [0, 0.1) is 11.8 Å². The summed E-state index contributed by atoms with van der Waals surface area (Å²) in [4.78, 5) is 18.0. The van der Waals surface area contributed by atoms with Gasteiger partial charge in [-0.2, -0.15) is 0 Å². The third kappa shape index (κ3) is 7.57. The molecule has 180 valence electrons. The lowest BCUT2D eigenvalue weighted by atomic mass is 9.83. The van der Waals surface area contributed by atoms with Gasteiger partial charge in [0.05, 0.1) is 6.61 Å². The largest absolute Gasteiger partial charge is 0.381 e. The average Bonchev–Trinajstić information content (AvgIpc) is 2.83. The van der Waals surface area contributed by atoms with Gasteiger partial charge in [-0.15, -0.1) is 0 Å². The van der Waals surface area contributed by atoms with Gasteiger partial charge in [0.25, 0.3) is 5.91 Å². The molecule has 2 aliphatic rings. The smallest absolute Gasteiger partial charge is 0.251 e. The summed E-state index contributed by atoms with van der Waals surface area (Å²) < 4.78 is 5.69. The van der Waals surface area contributed by atoms with E-state index in [1.54, 1.807) is 0 Å². The molecule has 1 saturated heterocycles. The molecule has 1 saturated carbocycles. The fourth-order valence-corrected chi connectivity index (χ4v) is 5.40. The maximum Gasteiger partial charge on any atom is 0.251 e. The lowest BCUT2D eigenvalue weighted by molar-refractivity contribution is 0.0548. The molecule has 3 rings (SSSR count). The molecular weight excluding hydrogens is 398 g/mol. The SMILES string of the molecule is CCOCC1CCCN(C[C@H]2CCCC[C@@H]2NC(=O)c2ccc(CN(CC)CC)cc2)C1. The van der Waals surface area contributed by atoms with Crippen LogP contribution in [-0.4, -0.2) is 67.7 Å². The standard InChI is InChI=1S/C27H45N3O2/c1-4-29(5-2)18-22-13-15-24(16-14-22)27(31)28-26-12-8-7-11-25(26)20-30-17-9-10-23(19-30)21-32-6-3/h13-16,23,25-26H,4-12,17-21H2,1-3H3,(H,28,31)/t23?,25-,26+/m1/s1. The zero-order valence-electron chi connectivity index (χ0n) is 20.7. The first kappa shape index (κ1) is 25.2. The van der Waals surface area contributed by atoms with Gasteiger partial charge in [-0.25, -0.2) is 0 Å². The Bertz CT molecular complexity index is 674. The molecule has 5 nitrogen and oxygen atoms in total. The third-order valence-electron chi connectivity index (χ3n) is 7.40. The first-order valence-corrected chi connectivity index (χ1v) is 13.0. The molecule has 2 fully saturated rings. The van der Waals surface area contributed by atoms with E-state index in [1.165, 1.54) is 44.2 Å². The number of ether oxygens (including phenoxy) is 1. The van der Waals surface area contributed by atoms with E-state index in [0.717, 1.165) is 57.9 Å². The van der Waals surface area contributed by atoms with Crippen LogP contribution in [0.3, 0.4) is 0 Å². The lowest BCUT2D eigenvalue weighted by Gasteiger charge is -2.39. The highest BCUT2D eigenvalue weighted by Crippen LogP contribution is 2.27. The van der Waals surface area contributed by atoms with Crippen LogP contribution in [0.15, 0.2) is 24.3 Å². The summed E-state index contributed by atoms with van der Waals surface area (Å²) in [6.07, 6.45) is 7.38. The van der Waals surface area contributed by atoms with Crippen LogP contribution >= 0.6 is 0 Å². The third-order valence-corrected chi connectivity index (χ3v) is 7.40. The van der Waals surface area contributed by atoms with Crippen LogP contribution in [0.5, 0.6) is 0 Å². The Morgan fingerprint density at radius 3 is 2.53 bits per heavy atom. The van der Waals surface area contributed by atoms with E-state index in [1.807, 2.05) is 12.1 Å². The lowest BCUT2D eigenvalue weighted by Crippen LogP contribution is -2.48. The summed E-state index contributed by atoms with van der Waals surface area (Å²) >= 11 is 0. The number of rotatable bonds is 11. The van der Waals surface area contributed by atoms with Gasteiger partial charge in [0.2, 0.25) is 0 Å². The predicted molar refractivity (Wildman–Crippen MR) is 132 cm³/mol. The van der Waals surface area contributed by atoms with E-state index >= 15 is 0 Å². The molecule has 1 unspecified atom stereocenters. The van der Waals surface area contributed by atoms with Gasteiger partial charge < -0.3 is 15.0 Å². The number of nitrogens with zero attached hydrogens (tertiary/aromatic N) is 2. The average molecular weight is 444 g/mol. The number of piperidine rings is 1. The Labute approximate surface area is 195 Å². The highest BCUT2D eigenvalue weighted by atomic mass is 16.5. The first-order valence-electron chi connectivity index (χ1n) is 13.0. The van der Waals surface area contributed by atoms with E-state index in [2.05, 4.69) is 48.0 Å². The van der Waals surface area contributed by atoms with Crippen molar-refractivity contribution in [1.29, 1.82) is 0 Å². The quantitative estimate of drug-likeness (QED) is 0.544. The molecule has 1 aliphatic heterocycles. The summed E-state index contributed by atoms with van der Waals surface area (Å²) in [5.74, 6) is 1.31. The molecule has 0 aromatic heterocycles. The van der Waals surface area contributed by atoms with Crippen LogP contribution in [0.2, 0.25) is 0 Å². The van der Waals surface area contributed by atoms with Gasteiger partial charge in [-0.3, -0.25) is 9.69 Å². The Morgan fingerprint density at radius 1 is 1.06 bits per heavy atom. The fourth-order valence-electron chi connectivity index (χ4n) is 5.40. The molecule has 1 aromatic rings. The van der Waals surface area contributed by atoms with E-state index in [4.69, 9.17) is 4.74 Å². The Hall–Kier alpha value is -1.43. The Morgan fingerprint density at radius 2 is 1.81 bits per heavy atom. The van der Waals surface area contributed by atoms with Crippen molar-refractivity contribution in [2.24, 2.45) is 11.8 Å². The number of hydrogen-bond acceptors (Lipinski definition) is 4. The molecule has 1 heterocycles. The van der Waals surface area contributed by atoms with Crippen LogP contribution in [-0.2, 0) is 11.3 Å². The molecule has 0 radical (unpaired) electrons. The first-order chi connectivity index (χ1) is 15.6. The highest BCUT2D eigenvalue weighted by Gasteiger charge is 2.30. The maximum absolute atomic E-state index is 13.0. The van der Waals surface area contributed by atoms with Crippen LogP contribution in [0.1, 0.15) is 75.2 Å². The van der Waals surface area contributed by atoms with Gasteiger partial charge in [0.1, 0.15) is 0 Å². The summed E-state index contributed by atoms with van der Waals surface area (Å²) in [6.45, 7) is 14.6. The molecule has 1 amide bonds. The molecule has 5 heteroatoms. The zero-order valence-corrected chi connectivity index (χ0v) is 20.7. The Balaban J connectivity index is 1.53. The number of hydrogen-bond donors (Lipinski definition) is 1. The van der Waals surface area contributed by atoms with Crippen molar-refractivity contribution in [3.63, 3.8) is 0 Å². The number of nitrogens with one attached hydrogen (secondary N) is 1. The van der Waals surface area contributed by atoms with Crippen molar-refractivity contribution >= 4 is 5.91 Å². The Kier molecular flexibility index (Phi) is 10.5. The second kappa shape index (κ2) is 13.3. The molecule has 1 aliphatic carbocycles. The van der Waals surface area contributed by atoms with Crippen LogP contribution < -0.4 is 5.32 Å². The van der Waals surface area contributed by atoms with E-state index in [0.29, 0.717) is 17.9 Å². The van der Waals surface area contributed by atoms with Crippen LogP contribution in [0.4, 0.5) is 0 Å². The van der Waals surface area contributed by atoms with Gasteiger partial charge in [0, 0.05) is 37.8 Å². The van der Waals surface area contributed by atoms with Crippen molar-refractivity contribution < 1.29 is 9.53 Å². The van der Waals surface area contributed by atoms with Crippen LogP contribution in [0.25, 0.3) is 0 Å². The minimum Gasteiger partial charge on any atom is -0.381 e. The molecule has 32 heavy (non-hydrogen) atoms. The van der Waals surface area contributed by atoms with E-state index in [-0.39, 0.29) is 5.91 Å². The summed E-state index contributed by atoms with van der Waals surface area (Å²) in [6, 6.07) is 8.50. The zero-order chi connectivity index (χ0) is 22.8. The molecular formula is C27H45N3O2. The second-order valence-corrected chi connectivity index (χ2v) is 9.71. The van der Waals surface area contributed by atoms with Crippen molar-refractivity contribution in [1.82, 2.24) is 15.1 Å². The topological polar surface area (TPSA) is 44.8 Å². The molecule has 0 spiro atoms. The normalized spacial score (nSPS) is 24.6. The summed E-state index contributed by atoms with van der Waals surface area (Å²) in [5, 5.41) is 3.40. The van der Waals surface area contributed by atoms with Crippen molar-refractivity contribution in [2.45, 2.75) is 71.9 Å². The van der Waals surface area contributed by atoms with Gasteiger partial charge in [-0.1, -0.05) is 38.8 Å². The van der Waals surface area contributed by atoms with Gasteiger partial charge in [-0.05, 0) is 81.8 Å². The minimum absolute atomic E-state index is 0.0872. The van der Waals surface area contributed by atoms with Gasteiger partial charge >= 0.3 is 0 Å². The molecule has 1 aromatic carbocycles. The summed E-state index contributed by atoms with van der Waals surface area (Å²) in [7, 11) is 0. The number of carbonyl (C=O) groups excluding carboxylic acids is 1. The minimum atomic E-state index is 0.0872. The van der Waals surface area contributed by atoms with Gasteiger partial charge in [0.15, 0.2) is 0 Å². The second-order valence-electron chi connectivity index (χ2n) is 9.71. The predicted octanol–water partition coefficient (Wildman–Crippen LogP) is 4.57. The molecule has 3 atom stereocenters. The number of benzene rings is 1. The maximum atomic E-state index is 13.0. The van der Waals surface area contributed by atoms with E-state index < -0.39 is 0 Å². The van der Waals surface area contributed by atoms with E-state index in [9.17, 15) is 4.79 Å². The molecule has 1 N–H and O–H groups in total. The monoisotopic (exact) mass is 443 g/mol. The van der Waals surface area contributed by atoms with Crippen molar-refractivity contribution in [2.75, 3.05) is 45.9 Å².